The van der Waals surface area contributed by atoms with Crippen LogP contribution in [0.2, 0.25) is 0 Å². The Kier molecular flexibility index (Phi) is 12.6. The van der Waals surface area contributed by atoms with E-state index in [-0.39, 0.29) is 0 Å². The molecule has 0 fully saturated rings. The first-order valence-corrected chi connectivity index (χ1v) is 7.04. The number of allylic oxidation sites excluding steroid dienone is 2. The topological polar surface area (TPSA) is 0 Å². The third-order valence-corrected chi connectivity index (χ3v) is 3.06. The lowest BCUT2D eigenvalue weighted by Crippen LogP contribution is -1.93. The van der Waals surface area contributed by atoms with Gasteiger partial charge in [0, 0.05) is 0 Å². The molecular formula is C16H30. The third kappa shape index (κ3) is 11.8. The summed E-state index contributed by atoms with van der Waals surface area (Å²) < 4.78 is 0. The van der Waals surface area contributed by atoms with Crippen LogP contribution in [-0.2, 0) is 0 Å². The molecule has 16 heavy (non-hydrogen) atoms. The lowest BCUT2D eigenvalue weighted by Gasteiger charge is -2.09. The fraction of sp³-hybridized carbons (Fsp3) is 0.750. The zero-order valence-corrected chi connectivity index (χ0v) is 11.2. The Morgan fingerprint density at radius 2 is 1.50 bits per heavy atom. The summed E-state index contributed by atoms with van der Waals surface area (Å²) in [6.45, 7) is 10.1. The van der Waals surface area contributed by atoms with Gasteiger partial charge in [-0.3, -0.25) is 0 Å². The lowest BCUT2D eigenvalue weighted by atomic mass is 9.97. The van der Waals surface area contributed by atoms with Gasteiger partial charge in [-0.05, 0) is 31.6 Å². The van der Waals surface area contributed by atoms with Crippen LogP contribution in [-0.4, -0.2) is 0 Å². The molecule has 0 saturated carbocycles. The highest BCUT2D eigenvalue weighted by Crippen LogP contribution is 2.16. The van der Waals surface area contributed by atoms with Crippen molar-refractivity contribution >= 4 is 0 Å². The maximum Gasteiger partial charge on any atom is -0.0348 e. The Labute approximate surface area is 104 Å². The molecule has 1 unspecified atom stereocenters. The van der Waals surface area contributed by atoms with Crippen molar-refractivity contribution in [3.8, 4) is 0 Å². The van der Waals surface area contributed by atoms with Gasteiger partial charge in [0.2, 0.25) is 0 Å². The highest BCUT2D eigenvalue weighted by atomic mass is 14.1. The summed E-state index contributed by atoms with van der Waals surface area (Å²) in [5.41, 5.74) is 0. The predicted molar refractivity (Wildman–Crippen MR) is 75.2 cm³/mol. The largest absolute Gasteiger partial charge is 0.0885 e. The van der Waals surface area contributed by atoms with Gasteiger partial charge in [-0.1, -0.05) is 71.4 Å². The van der Waals surface area contributed by atoms with Crippen molar-refractivity contribution in [3.63, 3.8) is 0 Å². The summed E-state index contributed by atoms with van der Waals surface area (Å²) in [4.78, 5) is 0. The molecule has 0 aliphatic carbocycles. The normalized spacial score (nSPS) is 13.4. The summed E-state index contributed by atoms with van der Waals surface area (Å²) in [5, 5.41) is 0. The smallest absolute Gasteiger partial charge is 0.0348 e. The minimum Gasteiger partial charge on any atom is -0.0885 e. The molecule has 0 amide bonds. The zero-order valence-electron chi connectivity index (χ0n) is 11.2. The summed E-state index contributed by atoms with van der Waals surface area (Å²) in [7, 11) is 0. The van der Waals surface area contributed by atoms with E-state index < -0.39 is 0 Å². The molecule has 94 valence electrons. The van der Waals surface area contributed by atoms with E-state index in [9.17, 15) is 0 Å². The van der Waals surface area contributed by atoms with Crippen LogP contribution in [0.15, 0.2) is 12.2 Å². The first kappa shape index (κ1) is 15.7. The number of hydrogen-bond acceptors (Lipinski definition) is 0. The molecule has 0 spiro atoms. The summed E-state index contributed by atoms with van der Waals surface area (Å²) in [6.07, 6.45) is 17.4. The Hall–Kier alpha value is -0.260. The van der Waals surface area contributed by atoms with E-state index in [1.54, 1.807) is 0 Å². The van der Waals surface area contributed by atoms with Crippen LogP contribution in [0, 0.1) is 19.8 Å². The SMILES string of the molecule is [CH2]CCC=CCCC(C)CCCCCC[CH2]. The minimum absolute atomic E-state index is 0.893. The van der Waals surface area contributed by atoms with E-state index in [1.165, 1.54) is 44.9 Å². The van der Waals surface area contributed by atoms with Crippen molar-refractivity contribution in [1.29, 1.82) is 0 Å². The van der Waals surface area contributed by atoms with Gasteiger partial charge >= 0.3 is 0 Å². The highest BCUT2D eigenvalue weighted by Gasteiger charge is 2.00. The minimum atomic E-state index is 0.893. The first-order valence-electron chi connectivity index (χ1n) is 7.04. The fourth-order valence-electron chi connectivity index (χ4n) is 1.90. The van der Waals surface area contributed by atoms with Crippen molar-refractivity contribution < 1.29 is 0 Å². The molecule has 0 aromatic heterocycles. The lowest BCUT2D eigenvalue weighted by molar-refractivity contribution is 0.461. The van der Waals surface area contributed by atoms with E-state index in [4.69, 9.17) is 0 Å². The van der Waals surface area contributed by atoms with Crippen molar-refractivity contribution in [2.24, 2.45) is 5.92 Å². The number of unbranched alkanes of at least 4 members (excludes halogenated alkanes) is 5. The van der Waals surface area contributed by atoms with Crippen molar-refractivity contribution in [2.45, 2.75) is 71.1 Å². The zero-order chi connectivity index (χ0) is 12.1. The Bertz CT molecular complexity index is 146. The molecule has 0 heteroatoms. The van der Waals surface area contributed by atoms with E-state index in [2.05, 4.69) is 32.9 Å². The van der Waals surface area contributed by atoms with Gasteiger partial charge in [-0.25, -0.2) is 0 Å². The van der Waals surface area contributed by atoms with E-state index in [0.717, 1.165) is 25.2 Å². The van der Waals surface area contributed by atoms with Crippen LogP contribution in [0.4, 0.5) is 0 Å². The first-order chi connectivity index (χ1) is 7.81. The Balaban J connectivity index is 3.21. The second kappa shape index (κ2) is 12.8. The standard InChI is InChI=1S/C16H30/c1-4-6-8-10-12-14-16(3)15-13-11-9-7-5-2/h8,10,16H,1-2,4-7,9,11-15H2,3H3. The maximum absolute atomic E-state index is 3.87. The van der Waals surface area contributed by atoms with Gasteiger partial charge < -0.3 is 0 Å². The van der Waals surface area contributed by atoms with Crippen LogP contribution >= 0.6 is 0 Å². The average Bonchev–Trinajstić information content (AvgIpc) is 2.28. The van der Waals surface area contributed by atoms with Gasteiger partial charge in [0.1, 0.15) is 0 Å². The molecule has 0 heterocycles. The van der Waals surface area contributed by atoms with Gasteiger partial charge in [0.15, 0.2) is 0 Å². The summed E-state index contributed by atoms with van der Waals surface area (Å²) >= 11 is 0. The van der Waals surface area contributed by atoms with Gasteiger partial charge in [0.05, 0.1) is 0 Å². The molecule has 0 saturated heterocycles. The molecule has 0 rings (SSSR count). The molecule has 0 aromatic rings. The van der Waals surface area contributed by atoms with Crippen molar-refractivity contribution in [1.82, 2.24) is 0 Å². The molecule has 0 nitrogen and oxygen atoms in total. The Morgan fingerprint density at radius 3 is 2.19 bits per heavy atom. The summed E-state index contributed by atoms with van der Waals surface area (Å²) in [6, 6.07) is 0. The molecular weight excluding hydrogens is 192 g/mol. The quantitative estimate of drug-likeness (QED) is 0.308. The molecule has 0 aliphatic rings. The average molecular weight is 222 g/mol. The van der Waals surface area contributed by atoms with E-state index >= 15 is 0 Å². The Morgan fingerprint density at radius 1 is 0.812 bits per heavy atom. The second-order valence-electron chi connectivity index (χ2n) is 4.85. The van der Waals surface area contributed by atoms with E-state index in [0.29, 0.717) is 0 Å². The van der Waals surface area contributed by atoms with Crippen LogP contribution in [0.25, 0.3) is 0 Å². The molecule has 0 bridgehead atoms. The van der Waals surface area contributed by atoms with Crippen LogP contribution in [0.3, 0.4) is 0 Å². The second-order valence-corrected chi connectivity index (χ2v) is 4.85. The number of rotatable bonds is 11. The van der Waals surface area contributed by atoms with Crippen molar-refractivity contribution in [3.05, 3.63) is 26.0 Å². The van der Waals surface area contributed by atoms with Gasteiger partial charge in [0.25, 0.3) is 0 Å². The molecule has 1 atom stereocenters. The molecule has 0 aliphatic heterocycles. The van der Waals surface area contributed by atoms with Crippen molar-refractivity contribution in [2.75, 3.05) is 0 Å². The van der Waals surface area contributed by atoms with Crippen LogP contribution < -0.4 is 0 Å². The van der Waals surface area contributed by atoms with Crippen LogP contribution in [0.1, 0.15) is 71.1 Å². The molecule has 0 aromatic carbocycles. The maximum atomic E-state index is 3.87. The third-order valence-electron chi connectivity index (χ3n) is 3.06. The van der Waals surface area contributed by atoms with Crippen LogP contribution in [0.5, 0.6) is 0 Å². The number of hydrogen-bond donors (Lipinski definition) is 0. The monoisotopic (exact) mass is 222 g/mol. The van der Waals surface area contributed by atoms with Gasteiger partial charge in [-0.2, -0.15) is 0 Å². The molecule has 0 N–H and O–H groups in total. The summed E-state index contributed by atoms with van der Waals surface area (Å²) in [5.74, 6) is 0.893. The van der Waals surface area contributed by atoms with E-state index in [1.807, 2.05) is 0 Å². The fourth-order valence-corrected chi connectivity index (χ4v) is 1.90. The molecule has 2 radical (unpaired) electrons. The highest BCUT2D eigenvalue weighted by molar-refractivity contribution is 4.82. The predicted octanol–water partition coefficient (Wildman–Crippen LogP) is 5.75. The van der Waals surface area contributed by atoms with Gasteiger partial charge in [-0.15, -0.1) is 0 Å².